The first-order valence-electron chi connectivity index (χ1n) is 34.0. The van der Waals surface area contributed by atoms with E-state index in [1.807, 2.05) is 0 Å². The summed E-state index contributed by atoms with van der Waals surface area (Å²) in [6.07, 6.45) is 25.5. The van der Waals surface area contributed by atoms with Crippen molar-refractivity contribution in [2.75, 3.05) is 18.8 Å². The molecule has 5 aliphatic carbocycles. The molecule has 0 radical (unpaired) electrons. The molecule has 484 valence electrons. The Morgan fingerprint density at radius 2 is 0.930 bits per heavy atom. The van der Waals surface area contributed by atoms with E-state index >= 15 is 0 Å². The number of carbonyl (C=O) groups is 10. The number of fused-ring (bicyclic) bond motifs is 6. The van der Waals surface area contributed by atoms with Gasteiger partial charge in [0.25, 0.3) is 6.47 Å². The Kier molecular flexibility index (Phi) is 24.0. The predicted octanol–water partition coefficient (Wildman–Crippen LogP) is 11.2. The highest BCUT2D eigenvalue weighted by Crippen LogP contribution is 2.66. The molecule has 4 aliphatic heterocycles. The second-order valence-electron chi connectivity index (χ2n) is 30.7. The second-order valence-corrected chi connectivity index (χ2v) is 33.5. The van der Waals surface area contributed by atoms with Gasteiger partial charge >= 0.3 is 0 Å². The van der Waals surface area contributed by atoms with Crippen LogP contribution in [0.4, 0.5) is 0 Å². The van der Waals surface area contributed by atoms with Gasteiger partial charge in [-0.25, -0.2) is 8.42 Å². The summed E-state index contributed by atoms with van der Waals surface area (Å²) in [5.41, 5.74) is 5.63. The minimum atomic E-state index is -3.44. The molecule has 0 bridgehead atoms. The normalized spacial score (nSPS) is 31.9. The standard InChI is InChI=1S/C41H65NO7S.C27H42N2O4.CH2O2/c1-39(2,3)50(48,49)27-41(20-14-11-15-21-41)25-31(43)23-30-17-13-10-8-6-7-9-12-16-29(37(46)34(45)22-28-18-19-28)24-33(44)36-35-32(40(35,4)5)26-42(36)38(30)47;1-27(2)19-16-29-24(23(19)27)21(30)15-18(25(32)22(31)14-17-12-13-17)10-8-6-4-3-5-7-9-11-20(28)26(29)33;2-1-3/h28-30,32,35-36H,6-27H2,1-5H3;17-20,23-24H,3-16,28H2,1-2H3;1H,(H,2,3)/t29-,30-,32+,35+,36-;18-,19+,20+,23+,24-;/m11./s1. The van der Waals surface area contributed by atoms with Crippen LogP contribution in [0, 0.1) is 69.5 Å². The molecule has 0 aromatic heterocycles. The summed E-state index contributed by atoms with van der Waals surface area (Å²) >= 11 is 0. The van der Waals surface area contributed by atoms with Crippen LogP contribution in [0.5, 0.6) is 0 Å². The molecule has 0 aromatic rings. The van der Waals surface area contributed by atoms with Crippen LogP contribution in [0.3, 0.4) is 0 Å². The third kappa shape index (κ3) is 17.7. The number of carbonyl (C=O) groups excluding carboxylic acids is 9. The van der Waals surface area contributed by atoms with E-state index in [1.165, 1.54) is 0 Å². The largest absolute Gasteiger partial charge is 0.483 e. The van der Waals surface area contributed by atoms with Gasteiger partial charge in [-0.05, 0) is 137 Å². The van der Waals surface area contributed by atoms with Crippen molar-refractivity contribution < 1.29 is 61.5 Å². The van der Waals surface area contributed by atoms with Crippen molar-refractivity contribution in [3.05, 3.63) is 0 Å². The van der Waals surface area contributed by atoms with E-state index in [9.17, 15) is 51.6 Å². The quantitative estimate of drug-likeness (QED) is 0.121. The van der Waals surface area contributed by atoms with Crippen molar-refractivity contribution in [1.29, 1.82) is 0 Å². The van der Waals surface area contributed by atoms with E-state index in [4.69, 9.17) is 15.6 Å². The van der Waals surface area contributed by atoms with Gasteiger partial charge in [-0.2, -0.15) is 0 Å². The van der Waals surface area contributed by atoms with Crippen molar-refractivity contribution in [2.45, 2.75) is 283 Å². The summed E-state index contributed by atoms with van der Waals surface area (Å²) in [5, 5.41) is 6.89. The molecule has 0 spiro atoms. The maximum Gasteiger partial charge on any atom is 0.290 e. The number of nitrogens with zero attached hydrogens (tertiary/aromatic N) is 2. The number of hydrogen-bond acceptors (Lipinski definition) is 13. The van der Waals surface area contributed by atoms with Crippen LogP contribution in [0.15, 0.2) is 0 Å². The molecule has 3 N–H and O–H groups in total. The highest BCUT2D eigenvalue weighted by molar-refractivity contribution is 7.92. The lowest BCUT2D eigenvalue weighted by Gasteiger charge is -2.39. The molecule has 10 atom stereocenters. The molecule has 16 nitrogen and oxygen atoms in total. The number of hydrogen-bond donors (Lipinski definition) is 2. The van der Waals surface area contributed by atoms with Gasteiger partial charge < -0.3 is 20.6 Å². The van der Waals surface area contributed by atoms with Crippen molar-refractivity contribution in [3.8, 4) is 0 Å². The van der Waals surface area contributed by atoms with Gasteiger partial charge in [0.1, 0.15) is 5.78 Å². The summed E-state index contributed by atoms with van der Waals surface area (Å²) < 4.78 is 25.9. The Balaban J connectivity index is 0.000000253. The number of Topliss-reactive ketones (excluding diaryl/α,β-unsaturated/α-hetero) is 7. The Labute approximate surface area is 514 Å². The van der Waals surface area contributed by atoms with Crippen molar-refractivity contribution in [2.24, 2.45) is 75.2 Å². The zero-order valence-corrected chi connectivity index (χ0v) is 54.5. The van der Waals surface area contributed by atoms with Crippen LogP contribution >= 0.6 is 0 Å². The molecule has 9 aliphatic rings. The minimum absolute atomic E-state index is 0.00194. The molecular weight excluding hydrogens is 1110 g/mol. The Morgan fingerprint density at radius 1 is 0.558 bits per heavy atom. The van der Waals surface area contributed by atoms with Gasteiger partial charge in [-0.15, -0.1) is 0 Å². The lowest BCUT2D eigenvalue weighted by molar-refractivity contribution is -0.146. The lowest BCUT2D eigenvalue weighted by atomic mass is 9.71. The maximum atomic E-state index is 14.6. The third-order valence-electron chi connectivity index (χ3n) is 22.4. The fraction of sp³-hybridized carbons (Fsp3) is 0.855. The molecule has 4 heterocycles. The summed E-state index contributed by atoms with van der Waals surface area (Å²) in [6.45, 7) is 14.6. The molecule has 17 heteroatoms. The number of carboxylic acid groups (broad SMARTS) is 1. The molecule has 0 unspecified atom stereocenters. The van der Waals surface area contributed by atoms with Crippen LogP contribution in [0.1, 0.15) is 260 Å². The molecule has 86 heavy (non-hydrogen) atoms. The van der Waals surface area contributed by atoms with Crippen LogP contribution in [0.25, 0.3) is 0 Å². The highest BCUT2D eigenvalue weighted by atomic mass is 32.2. The van der Waals surface area contributed by atoms with E-state index in [0.29, 0.717) is 75.8 Å². The summed E-state index contributed by atoms with van der Waals surface area (Å²) in [6, 6.07) is -1.69. The number of sulfone groups is 1. The van der Waals surface area contributed by atoms with Crippen LogP contribution in [-0.4, -0.2) is 124 Å². The Hall–Kier alpha value is -3.99. The zero-order chi connectivity index (χ0) is 62.9. The molecule has 5 saturated carbocycles. The fourth-order valence-corrected chi connectivity index (χ4v) is 17.8. The third-order valence-corrected chi connectivity index (χ3v) is 25.3. The van der Waals surface area contributed by atoms with Crippen molar-refractivity contribution >= 4 is 68.6 Å². The van der Waals surface area contributed by atoms with Gasteiger partial charge in [0.05, 0.1) is 28.6 Å². The highest BCUT2D eigenvalue weighted by Gasteiger charge is 2.70. The summed E-state index contributed by atoms with van der Waals surface area (Å²) in [5.74, 6) is -2.24. The first-order chi connectivity index (χ1) is 40.6. The molecule has 4 saturated heterocycles. The topological polar surface area (TPSA) is 258 Å². The Morgan fingerprint density at radius 3 is 1.34 bits per heavy atom. The predicted molar refractivity (Wildman–Crippen MR) is 330 cm³/mol. The van der Waals surface area contributed by atoms with Gasteiger partial charge in [-0.3, -0.25) is 47.9 Å². The van der Waals surface area contributed by atoms with Gasteiger partial charge in [0, 0.05) is 69.4 Å². The molecule has 0 aromatic carbocycles. The van der Waals surface area contributed by atoms with Crippen molar-refractivity contribution in [3.63, 3.8) is 0 Å². The average Bonchev–Trinajstić information content (AvgIpc) is 1.55. The second kappa shape index (κ2) is 29.8. The summed E-state index contributed by atoms with van der Waals surface area (Å²) in [4.78, 5) is 134. The van der Waals surface area contributed by atoms with Gasteiger partial charge in [-0.1, -0.05) is 137 Å². The van der Waals surface area contributed by atoms with Crippen LogP contribution in [-0.2, 0) is 57.8 Å². The molecule has 2 amide bonds. The molecule has 9 rings (SSSR count). The number of nitrogens with two attached hydrogens (primary N) is 1. The lowest BCUT2D eigenvalue weighted by Crippen LogP contribution is -2.52. The van der Waals surface area contributed by atoms with E-state index in [0.717, 1.165) is 135 Å². The minimum Gasteiger partial charge on any atom is -0.483 e. The Bertz CT molecular complexity index is 2570. The fourth-order valence-electron chi connectivity index (χ4n) is 16.2. The van der Waals surface area contributed by atoms with Crippen LogP contribution in [0.2, 0.25) is 0 Å². The number of piperidine rings is 2. The zero-order valence-electron chi connectivity index (χ0n) is 53.7. The van der Waals surface area contributed by atoms with E-state index in [-0.39, 0.29) is 119 Å². The van der Waals surface area contributed by atoms with Gasteiger partial charge in [0.2, 0.25) is 23.4 Å². The molecular formula is C69H109N3O13S. The SMILES string of the molecule is CC1(C)[C@@H]2[C@H]3C(=O)C[C@H](C(=O)C(=O)CC4CC4)CCCCCCCCC[C@H](CC(=O)CC4(CS(=O)(=O)C(C)(C)C)CCCCC4)C(=O)N3C[C@@H]21.CC1(C)[C@@H]2[C@H]3C(=O)C[C@H](C(=O)C(=O)CC4CC4)CCCCCCCCC[C@H](N)C(=O)N3C[C@@H]21.O=CO. The van der Waals surface area contributed by atoms with E-state index in [1.54, 1.807) is 30.6 Å². The smallest absolute Gasteiger partial charge is 0.290 e. The van der Waals surface area contributed by atoms with E-state index in [2.05, 4.69) is 27.7 Å². The van der Waals surface area contributed by atoms with Gasteiger partial charge in [0.15, 0.2) is 33.0 Å². The van der Waals surface area contributed by atoms with E-state index < -0.39 is 61.7 Å². The summed E-state index contributed by atoms with van der Waals surface area (Å²) in [7, 11) is -3.44. The van der Waals surface area contributed by atoms with Crippen LogP contribution < -0.4 is 5.73 Å². The monoisotopic (exact) mass is 1220 g/mol. The maximum absolute atomic E-state index is 14.6. The number of amides is 2. The van der Waals surface area contributed by atoms with Crippen molar-refractivity contribution in [1.82, 2.24) is 9.80 Å². The average molecular weight is 1220 g/mol. The first-order valence-corrected chi connectivity index (χ1v) is 35.6. The molecule has 9 fully saturated rings. The number of ketones is 7. The number of rotatable bonds is 14. The first kappa shape index (κ1) is 69.5.